The molecule has 1 aliphatic heterocycles. The Labute approximate surface area is 88.1 Å². The maximum absolute atomic E-state index is 8.75. The smallest absolute Gasteiger partial charge is 0.161 e. The molecule has 0 radical (unpaired) electrons. The van der Waals surface area contributed by atoms with E-state index in [-0.39, 0.29) is 0 Å². The van der Waals surface area contributed by atoms with Gasteiger partial charge in [0.15, 0.2) is 17.8 Å². The highest BCUT2D eigenvalue weighted by molar-refractivity contribution is 5.43. The molecule has 82 valence electrons. The monoisotopic (exact) mass is 210 g/mol. The molecule has 4 heteroatoms. The lowest BCUT2D eigenvalue weighted by molar-refractivity contribution is -0.0447. The number of hydrogen-bond donors (Lipinski definition) is 2. The lowest BCUT2D eigenvalue weighted by Gasteiger charge is -2.18. The summed E-state index contributed by atoms with van der Waals surface area (Å²) in [6.45, 7) is 1.15. The van der Waals surface area contributed by atoms with Gasteiger partial charge in [0.25, 0.3) is 0 Å². The predicted molar refractivity (Wildman–Crippen MR) is 54.0 cm³/mol. The Balaban J connectivity index is 2.07. The van der Waals surface area contributed by atoms with Crippen LogP contribution in [0.3, 0.4) is 0 Å². The van der Waals surface area contributed by atoms with Crippen molar-refractivity contribution in [3.63, 3.8) is 0 Å². The zero-order chi connectivity index (χ0) is 10.7. The van der Waals surface area contributed by atoms with Crippen molar-refractivity contribution in [1.82, 2.24) is 0 Å². The van der Waals surface area contributed by atoms with E-state index in [1.165, 1.54) is 0 Å². The van der Waals surface area contributed by atoms with Crippen LogP contribution in [0, 0.1) is 0 Å². The molecule has 2 rings (SSSR count). The van der Waals surface area contributed by atoms with E-state index >= 15 is 0 Å². The first-order chi connectivity index (χ1) is 7.25. The number of aliphatic hydroxyl groups excluding tert-OH is 1. The molecule has 0 bridgehead atoms. The van der Waals surface area contributed by atoms with E-state index in [1.54, 1.807) is 0 Å². The Hall–Kier alpha value is -1.26. The zero-order valence-electron chi connectivity index (χ0n) is 8.35. The molecular formula is C11H14O4. The zero-order valence-corrected chi connectivity index (χ0v) is 8.35. The van der Waals surface area contributed by atoms with E-state index < -0.39 is 6.29 Å². The largest absolute Gasteiger partial charge is 0.486 e. The molecule has 1 aliphatic rings. The average Bonchev–Trinajstić information content (AvgIpc) is 2.26. The van der Waals surface area contributed by atoms with Gasteiger partial charge in [-0.25, -0.2) is 0 Å². The van der Waals surface area contributed by atoms with Crippen LogP contribution in [-0.2, 0) is 6.42 Å². The van der Waals surface area contributed by atoms with E-state index in [4.69, 9.17) is 19.7 Å². The lowest BCUT2D eigenvalue weighted by atomic mass is 10.1. The molecule has 0 aliphatic carbocycles. The third kappa shape index (κ3) is 2.61. The van der Waals surface area contributed by atoms with E-state index in [0.717, 1.165) is 17.1 Å². The maximum Gasteiger partial charge on any atom is 0.161 e. The topological polar surface area (TPSA) is 58.9 Å². The van der Waals surface area contributed by atoms with Gasteiger partial charge in [-0.15, -0.1) is 0 Å². The van der Waals surface area contributed by atoms with Crippen molar-refractivity contribution in [3.8, 4) is 11.5 Å². The van der Waals surface area contributed by atoms with E-state index in [0.29, 0.717) is 26.1 Å². The number of ether oxygens (including phenoxy) is 2. The summed E-state index contributed by atoms with van der Waals surface area (Å²) in [5, 5.41) is 17.5. The molecule has 0 fully saturated rings. The fraction of sp³-hybridized carbons (Fsp3) is 0.455. The second-order valence-corrected chi connectivity index (χ2v) is 3.50. The molecule has 1 aromatic carbocycles. The fourth-order valence-electron chi connectivity index (χ4n) is 1.54. The van der Waals surface area contributed by atoms with Gasteiger partial charge in [0.1, 0.15) is 13.2 Å². The second kappa shape index (κ2) is 4.51. The lowest BCUT2D eigenvalue weighted by Crippen LogP contribution is -2.15. The molecule has 0 saturated carbocycles. The highest BCUT2D eigenvalue weighted by Crippen LogP contribution is 2.31. The summed E-state index contributed by atoms with van der Waals surface area (Å²) in [5.74, 6) is 1.50. The first-order valence-corrected chi connectivity index (χ1v) is 5.00. The third-order valence-electron chi connectivity index (χ3n) is 2.30. The summed E-state index contributed by atoms with van der Waals surface area (Å²) in [7, 11) is 0. The first kappa shape index (κ1) is 10.3. The molecule has 4 nitrogen and oxygen atoms in total. The molecule has 1 aromatic rings. The fourth-order valence-corrected chi connectivity index (χ4v) is 1.54. The minimum absolute atomic E-state index is 0.333. The Bertz CT molecular complexity index is 335. The van der Waals surface area contributed by atoms with Crippen LogP contribution >= 0.6 is 0 Å². The van der Waals surface area contributed by atoms with Crippen LogP contribution in [0.15, 0.2) is 18.2 Å². The minimum Gasteiger partial charge on any atom is -0.486 e. The molecule has 0 spiro atoms. The standard InChI is InChI=1S/C11H14O4/c12-11(13)4-2-8-1-3-9-10(7-8)15-6-5-14-9/h1,3,7,11-13H,2,4-6H2. The molecule has 2 N–H and O–H groups in total. The summed E-state index contributed by atoms with van der Waals surface area (Å²) in [4.78, 5) is 0. The first-order valence-electron chi connectivity index (χ1n) is 5.00. The van der Waals surface area contributed by atoms with Gasteiger partial charge < -0.3 is 19.7 Å². The SMILES string of the molecule is OC(O)CCc1ccc2c(c1)OCCO2. The number of aryl methyl sites for hydroxylation is 1. The van der Waals surface area contributed by atoms with Crippen molar-refractivity contribution in [1.29, 1.82) is 0 Å². The summed E-state index contributed by atoms with van der Waals surface area (Å²) in [6.07, 6.45) is -0.299. The van der Waals surface area contributed by atoms with Gasteiger partial charge in [-0.1, -0.05) is 6.07 Å². The van der Waals surface area contributed by atoms with Crippen LogP contribution in [0.5, 0.6) is 11.5 Å². The van der Waals surface area contributed by atoms with Gasteiger partial charge in [-0.2, -0.15) is 0 Å². The number of benzene rings is 1. The van der Waals surface area contributed by atoms with Gasteiger partial charge in [-0.3, -0.25) is 0 Å². The van der Waals surface area contributed by atoms with Crippen LogP contribution in [0.2, 0.25) is 0 Å². The summed E-state index contributed by atoms with van der Waals surface area (Å²) >= 11 is 0. The van der Waals surface area contributed by atoms with Crippen LogP contribution < -0.4 is 9.47 Å². The maximum atomic E-state index is 8.75. The Morgan fingerprint density at radius 3 is 2.60 bits per heavy atom. The summed E-state index contributed by atoms with van der Waals surface area (Å²) in [6, 6.07) is 5.65. The Morgan fingerprint density at radius 1 is 1.13 bits per heavy atom. The van der Waals surface area contributed by atoms with Crippen molar-refractivity contribution in [2.75, 3.05) is 13.2 Å². The van der Waals surface area contributed by atoms with Crippen molar-refractivity contribution < 1.29 is 19.7 Å². The number of rotatable bonds is 3. The van der Waals surface area contributed by atoms with Crippen molar-refractivity contribution in [3.05, 3.63) is 23.8 Å². The molecule has 0 aromatic heterocycles. The highest BCUT2D eigenvalue weighted by Gasteiger charge is 2.11. The van der Waals surface area contributed by atoms with E-state index in [2.05, 4.69) is 0 Å². The van der Waals surface area contributed by atoms with Crippen molar-refractivity contribution >= 4 is 0 Å². The van der Waals surface area contributed by atoms with Crippen LogP contribution in [0.1, 0.15) is 12.0 Å². The number of aliphatic hydroxyl groups is 2. The molecule has 0 atom stereocenters. The number of fused-ring (bicyclic) bond motifs is 1. The Morgan fingerprint density at radius 2 is 1.87 bits per heavy atom. The van der Waals surface area contributed by atoms with Gasteiger partial charge in [0, 0.05) is 6.42 Å². The molecule has 1 heterocycles. The predicted octanol–water partition coefficient (Wildman–Crippen LogP) is 0.701. The van der Waals surface area contributed by atoms with Crippen LogP contribution in [0.4, 0.5) is 0 Å². The molecular weight excluding hydrogens is 196 g/mol. The molecule has 0 amide bonds. The van der Waals surface area contributed by atoms with Crippen LogP contribution in [0.25, 0.3) is 0 Å². The normalized spacial score (nSPS) is 14.3. The van der Waals surface area contributed by atoms with Crippen molar-refractivity contribution in [2.24, 2.45) is 0 Å². The summed E-state index contributed by atoms with van der Waals surface area (Å²) in [5.41, 5.74) is 1.02. The van der Waals surface area contributed by atoms with E-state index in [1.807, 2.05) is 18.2 Å². The quantitative estimate of drug-likeness (QED) is 0.721. The van der Waals surface area contributed by atoms with Gasteiger partial charge in [0.05, 0.1) is 0 Å². The average molecular weight is 210 g/mol. The minimum atomic E-state index is -1.25. The molecule has 0 unspecified atom stereocenters. The molecule has 15 heavy (non-hydrogen) atoms. The van der Waals surface area contributed by atoms with Gasteiger partial charge in [-0.05, 0) is 24.1 Å². The van der Waals surface area contributed by atoms with Crippen LogP contribution in [-0.4, -0.2) is 29.7 Å². The van der Waals surface area contributed by atoms with Gasteiger partial charge >= 0.3 is 0 Å². The van der Waals surface area contributed by atoms with E-state index in [9.17, 15) is 0 Å². The highest BCUT2D eigenvalue weighted by atomic mass is 16.6. The van der Waals surface area contributed by atoms with Gasteiger partial charge in [0.2, 0.25) is 0 Å². The molecule has 0 saturated heterocycles. The number of hydrogen-bond acceptors (Lipinski definition) is 4. The second-order valence-electron chi connectivity index (χ2n) is 3.50. The Kier molecular flexibility index (Phi) is 3.08. The third-order valence-corrected chi connectivity index (χ3v) is 2.30. The van der Waals surface area contributed by atoms with Crippen molar-refractivity contribution in [2.45, 2.75) is 19.1 Å². The summed E-state index contributed by atoms with van der Waals surface area (Å²) < 4.78 is 10.8.